The zero-order valence-corrected chi connectivity index (χ0v) is 16.9. The number of aromatic hydroxyl groups is 1. The lowest BCUT2D eigenvalue weighted by atomic mass is 10.0. The fraction of sp³-hybridized carbons (Fsp3) is 0.273. The summed E-state index contributed by atoms with van der Waals surface area (Å²) in [6, 6.07) is 5.89. The second-order valence-electron chi connectivity index (χ2n) is 7.38. The summed E-state index contributed by atoms with van der Waals surface area (Å²) in [7, 11) is 1.35. The summed E-state index contributed by atoms with van der Waals surface area (Å²) >= 11 is 0. The Hall–Kier alpha value is -3.75. The van der Waals surface area contributed by atoms with Gasteiger partial charge in [-0.25, -0.2) is 4.39 Å². The van der Waals surface area contributed by atoms with Crippen molar-refractivity contribution >= 4 is 22.7 Å². The van der Waals surface area contributed by atoms with Crippen molar-refractivity contribution in [1.29, 1.82) is 0 Å². The van der Waals surface area contributed by atoms with E-state index in [9.17, 15) is 23.9 Å². The number of carbonyl (C=O) groups is 2. The van der Waals surface area contributed by atoms with Crippen molar-refractivity contribution in [3.8, 4) is 11.5 Å². The molecule has 1 aliphatic rings. The first kappa shape index (κ1) is 20.5. The fourth-order valence-electron chi connectivity index (χ4n) is 3.76. The molecule has 1 aromatic carbocycles. The average Bonchev–Trinajstić information content (AvgIpc) is 2.95. The molecule has 2 aromatic heterocycles. The molecule has 31 heavy (non-hydrogen) atoms. The van der Waals surface area contributed by atoms with Gasteiger partial charge in [-0.3, -0.25) is 19.4 Å². The molecule has 2 N–H and O–H groups in total. The minimum atomic E-state index is -0.803. The molecule has 0 unspecified atom stereocenters. The predicted molar refractivity (Wildman–Crippen MR) is 110 cm³/mol. The molecule has 1 amide bonds. The van der Waals surface area contributed by atoms with Crippen LogP contribution >= 0.6 is 0 Å². The van der Waals surface area contributed by atoms with E-state index in [2.05, 4.69) is 10.3 Å². The smallest absolute Gasteiger partial charge is 0.267 e. The Labute approximate surface area is 176 Å². The molecular formula is C22H20FN3O5. The number of amides is 1. The predicted octanol–water partition coefficient (Wildman–Crippen LogP) is 1.93. The largest absolute Gasteiger partial charge is 0.505 e. The van der Waals surface area contributed by atoms with Gasteiger partial charge in [0.15, 0.2) is 23.4 Å². The molecule has 8 nitrogen and oxygen atoms in total. The van der Waals surface area contributed by atoms with Gasteiger partial charge in [0.25, 0.3) is 11.5 Å². The highest BCUT2D eigenvalue weighted by Gasteiger charge is 2.30. The summed E-state index contributed by atoms with van der Waals surface area (Å²) in [5.41, 5.74) is 0.470. The van der Waals surface area contributed by atoms with E-state index in [0.717, 1.165) is 5.56 Å². The first-order valence-corrected chi connectivity index (χ1v) is 9.72. The van der Waals surface area contributed by atoms with Crippen LogP contribution in [0.5, 0.6) is 11.5 Å². The first-order valence-electron chi connectivity index (χ1n) is 9.72. The highest BCUT2D eigenvalue weighted by molar-refractivity contribution is 6.02. The van der Waals surface area contributed by atoms with E-state index in [0.29, 0.717) is 12.0 Å². The molecule has 3 heterocycles. The number of hydrogen-bond donors (Lipinski definition) is 2. The van der Waals surface area contributed by atoms with Crippen LogP contribution in [0.15, 0.2) is 35.3 Å². The molecule has 0 bridgehead atoms. The molecule has 160 valence electrons. The lowest BCUT2D eigenvalue weighted by molar-refractivity contribution is -0.123. The number of aromatic nitrogens is 2. The zero-order chi connectivity index (χ0) is 22.3. The van der Waals surface area contributed by atoms with Gasteiger partial charge >= 0.3 is 0 Å². The lowest BCUT2D eigenvalue weighted by Gasteiger charge is -2.18. The molecule has 0 saturated carbocycles. The number of halogens is 1. The highest BCUT2D eigenvalue weighted by Crippen LogP contribution is 2.37. The molecule has 9 heteroatoms. The lowest BCUT2D eigenvalue weighted by Crippen LogP contribution is -2.32. The van der Waals surface area contributed by atoms with Gasteiger partial charge in [-0.1, -0.05) is 12.1 Å². The van der Waals surface area contributed by atoms with Gasteiger partial charge in [0.2, 0.25) is 0 Å². The van der Waals surface area contributed by atoms with Crippen LogP contribution < -0.4 is 15.6 Å². The number of nitrogens with zero attached hydrogens (tertiary/aromatic N) is 2. The van der Waals surface area contributed by atoms with Gasteiger partial charge in [0.1, 0.15) is 22.4 Å². The minimum absolute atomic E-state index is 0.0280. The molecule has 0 fully saturated rings. The number of carbonyl (C=O) groups excluding carboxylic acids is 2. The van der Waals surface area contributed by atoms with Crippen LogP contribution in [0.4, 0.5) is 4.39 Å². The third kappa shape index (κ3) is 3.52. The molecular weight excluding hydrogens is 405 g/mol. The molecule has 0 spiro atoms. The maximum Gasteiger partial charge on any atom is 0.267 e. The number of hydrogen-bond acceptors (Lipinski definition) is 6. The van der Waals surface area contributed by atoms with Gasteiger partial charge in [0, 0.05) is 38.2 Å². The third-order valence-corrected chi connectivity index (χ3v) is 5.36. The Balaban J connectivity index is 1.99. The zero-order valence-electron chi connectivity index (χ0n) is 16.9. The second-order valence-corrected chi connectivity index (χ2v) is 7.38. The molecule has 0 radical (unpaired) electrons. The SMILES string of the molecule is CNC(=O)c1c(O)c2ncc(Cc3ccc(F)cc3)c3c2n(c1=O)CC[C@H](C(C)=O)O3. The summed E-state index contributed by atoms with van der Waals surface area (Å²) in [6.07, 6.45) is 1.18. The van der Waals surface area contributed by atoms with E-state index in [-0.39, 0.29) is 41.3 Å². The fourth-order valence-corrected chi connectivity index (χ4v) is 3.76. The van der Waals surface area contributed by atoms with Crippen LogP contribution in [-0.4, -0.2) is 39.5 Å². The van der Waals surface area contributed by atoms with Crippen LogP contribution in [0.2, 0.25) is 0 Å². The summed E-state index contributed by atoms with van der Waals surface area (Å²) < 4.78 is 20.6. The van der Waals surface area contributed by atoms with E-state index in [1.807, 2.05) is 0 Å². The van der Waals surface area contributed by atoms with Crippen molar-refractivity contribution in [2.45, 2.75) is 32.4 Å². The van der Waals surface area contributed by atoms with Gasteiger partial charge in [-0.05, 0) is 24.6 Å². The van der Waals surface area contributed by atoms with Crippen molar-refractivity contribution in [3.63, 3.8) is 0 Å². The number of nitrogens with one attached hydrogen (secondary N) is 1. The monoisotopic (exact) mass is 425 g/mol. The van der Waals surface area contributed by atoms with Crippen LogP contribution in [0.3, 0.4) is 0 Å². The number of Topliss-reactive ketones (excluding diaryl/α,β-unsaturated/α-hetero) is 1. The Bertz CT molecular complexity index is 1270. The summed E-state index contributed by atoms with van der Waals surface area (Å²) in [4.78, 5) is 41.7. The number of benzene rings is 1. The Kier molecular flexibility index (Phi) is 5.18. The molecule has 3 aromatic rings. The number of ether oxygens (including phenoxy) is 1. The molecule has 1 atom stereocenters. The molecule has 4 rings (SSSR count). The number of rotatable bonds is 4. The topological polar surface area (TPSA) is 111 Å². The molecule has 0 aliphatic carbocycles. The van der Waals surface area contributed by atoms with Gasteiger partial charge in [-0.15, -0.1) is 0 Å². The summed E-state index contributed by atoms with van der Waals surface area (Å²) in [5, 5.41) is 13.0. The second kappa shape index (κ2) is 7.82. The summed E-state index contributed by atoms with van der Waals surface area (Å²) in [5.74, 6) is -1.63. The van der Waals surface area contributed by atoms with Crippen molar-refractivity contribution in [1.82, 2.24) is 14.9 Å². The van der Waals surface area contributed by atoms with Crippen molar-refractivity contribution in [2.75, 3.05) is 7.05 Å². The van der Waals surface area contributed by atoms with E-state index in [1.165, 1.54) is 36.9 Å². The van der Waals surface area contributed by atoms with Crippen LogP contribution in [-0.2, 0) is 17.8 Å². The highest BCUT2D eigenvalue weighted by atomic mass is 19.1. The molecule has 1 aliphatic heterocycles. The third-order valence-electron chi connectivity index (χ3n) is 5.36. The van der Waals surface area contributed by atoms with Gasteiger partial charge < -0.3 is 19.7 Å². The normalized spacial score (nSPS) is 15.3. The average molecular weight is 425 g/mol. The standard InChI is InChI=1S/C22H20FN3O5/c1-11(27)15-7-8-26-18-17(19(28)16(22(26)30)21(29)24-2)25-10-13(20(18)31-15)9-12-3-5-14(23)6-4-12/h3-6,10,15,28H,7-9H2,1-2H3,(H,24,29)/t15-/m1/s1. The maximum atomic E-state index is 13.3. The quantitative estimate of drug-likeness (QED) is 0.661. The van der Waals surface area contributed by atoms with Gasteiger partial charge in [-0.2, -0.15) is 0 Å². The van der Waals surface area contributed by atoms with Crippen molar-refractivity contribution in [2.24, 2.45) is 0 Å². The number of ketones is 1. The van der Waals surface area contributed by atoms with E-state index in [4.69, 9.17) is 4.74 Å². The molecule has 0 saturated heterocycles. The van der Waals surface area contributed by atoms with Crippen molar-refractivity contribution in [3.05, 3.63) is 63.3 Å². The Morgan fingerprint density at radius 1 is 1.32 bits per heavy atom. The van der Waals surface area contributed by atoms with Crippen LogP contribution in [0, 0.1) is 5.82 Å². The van der Waals surface area contributed by atoms with Crippen LogP contribution in [0.1, 0.15) is 34.8 Å². The van der Waals surface area contributed by atoms with E-state index < -0.39 is 28.9 Å². The number of pyridine rings is 2. The first-order chi connectivity index (χ1) is 14.8. The summed E-state index contributed by atoms with van der Waals surface area (Å²) in [6.45, 7) is 1.51. The van der Waals surface area contributed by atoms with Crippen molar-refractivity contribution < 1.29 is 23.8 Å². The Morgan fingerprint density at radius 2 is 2.03 bits per heavy atom. The van der Waals surface area contributed by atoms with E-state index in [1.54, 1.807) is 12.1 Å². The van der Waals surface area contributed by atoms with E-state index >= 15 is 0 Å². The number of aryl methyl sites for hydroxylation is 1. The maximum absolute atomic E-state index is 13.3. The van der Waals surface area contributed by atoms with Gasteiger partial charge in [0.05, 0.1) is 0 Å². The minimum Gasteiger partial charge on any atom is -0.505 e. The van der Waals surface area contributed by atoms with Crippen LogP contribution in [0.25, 0.3) is 11.0 Å². The Morgan fingerprint density at radius 3 is 2.68 bits per heavy atom.